The molecule has 1 N–H and O–H groups in total. The molecule has 0 aliphatic rings. The van der Waals surface area contributed by atoms with Gasteiger partial charge in [0.1, 0.15) is 4.90 Å². The van der Waals surface area contributed by atoms with Gasteiger partial charge in [0.15, 0.2) is 0 Å². The van der Waals surface area contributed by atoms with E-state index in [2.05, 4.69) is 20.9 Å². The standard InChI is InChI=1S/C8H11BrN2O2S2/c1-3-11(2)15(12,13)7-5-10-4-6(9)8(7)14/h4-5H,3H2,1-2H3,(H,10,14). The van der Waals surface area contributed by atoms with Crippen LogP contribution in [0.4, 0.5) is 0 Å². The highest BCUT2D eigenvalue weighted by Gasteiger charge is 2.21. The lowest BCUT2D eigenvalue weighted by Crippen LogP contribution is -2.26. The van der Waals surface area contributed by atoms with E-state index in [9.17, 15) is 8.42 Å². The first-order valence-corrected chi connectivity index (χ1v) is 6.88. The van der Waals surface area contributed by atoms with Crippen molar-refractivity contribution < 1.29 is 8.42 Å². The number of nitrogens with zero attached hydrogens (tertiary/aromatic N) is 1. The SMILES string of the molecule is CCN(C)S(=O)(=O)c1c[nH]cc(Br)c1=S. The highest BCUT2D eigenvalue weighted by molar-refractivity contribution is 9.10. The monoisotopic (exact) mass is 310 g/mol. The summed E-state index contributed by atoms with van der Waals surface area (Å²) in [6.07, 6.45) is 3.00. The molecule has 1 rings (SSSR count). The third-order valence-electron chi connectivity index (χ3n) is 2.00. The Bertz CT molecular complexity index is 510. The fraction of sp³-hybridized carbons (Fsp3) is 0.375. The fourth-order valence-corrected chi connectivity index (χ4v) is 3.12. The van der Waals surface area contributed by atoms with Crippen LogP contribution in [0.15, 0.2) is 21.8 Å². The molecule has 0 unspecified atom stereocenters. The molecule has 0 spiro atoms. The Morgan fingerprint density at radius 1 is 1.53 bits per heavy atom. The molecule has 0 aliphatic heterocycles. The van der Waals surface area contributed by atoms with Gasteiger partial charge in [0, 0.05) is 26.0 Å². The van der Waals surface area contributed by atoms with Gasteiger partial charge in [0.2, 0.25) is 10.0 Å². The fourth-order valence-electron chi connectivity index (χ4n) is 0.969. The molecule has 0 bridgehead atoms. The summed E-state index contributed by atoms with van der Waals surface area (Å²) in [5.74, 6) is 0. The molecule has 0 radical (unpaired) electrons. The third-order valence-corrected chi connectivity index (χ3v) is 5.41. The minimum absolute atomic E-state index is 0.122. The van der Waals surface area contributed by atoms with Crippen molar-refractivity contribution in [1.82, 2.24) is 9.29 Å². The molecule has 1 heterocycles. The molecule has 0 aromatic carbocycles. The van der Waals surface area contributed by atoms with Gasteiger partial charge in [-0.15, -0.1) is 0 Å². The maximum absolute atomic E-state index is 12.0. The first-order chi connectivity index (χ1) is 6.91. The smallest absolute Gasteiger partial charge is 0.245 e. The summed E-state index contributed by atoms with van der Waals surface area (Å²) < 4.78 is 26.0. The van der Waals surface area contributed by atoms with Gasteiger partial charge < -0.3 is 4.98 Å². The maximum Gasteiger partial charge on any atom is 0.245 e. The van der Waals surface area contributed by atoms with Crippen LogP contribution in [-0.4, -0.2) is 31.3 Å². The average molecular weight is 311 g/mol. The van der Waals surface area contributed by atoms with Crippen LogP contribution in [0.2, 0.25) is 0 Å². The number of hydrogen-bond acceptors (Lipinski definition) is 3. The summed E-state index contributed by atoms with van der Waals surface area (Å²) in [4.78, 5) is 2.86. The summed E-state index contributed by atoms with van der Waals surface area (Å²) in [5.41, 5.74) is 0. The second-order valence-electron chi connectivity index (χ2n) is 2.92. The normalized spacial score (nSPS) is 12.0. The van der Waals surface area contributed by atoms with Crippen molar-refractivity contribution in [2.75, 3.05) is 13.6 Å². The molecule has 1 aromatic heterocycles. The number of aromatic nitrogens is 1. The lowest BCUT2D eigenvalue weighted by molar-refractivity contribution is 0.485. The minimum Gasteiger partial charge on any atom is -0.365 e. The van der Waals surface area contributed by atoms with Crippen LogP contribution < -0.4 is 0 Å². The minimum atomic E-state index is -3.47. The highest BCUT2D eigenvalue weighted by Crippen LogP contribution is 2.20. The molecular formula is C8H11BrN2O2S2. The van der Waals surface area contributed by atoms with Gasteiger partial charge in [-0.25, -0.2) is 12.7 Å². The van der Waals surface area contributed by atoms with Gasteiger partial charge in [-0.1, -0.05) is 19.1 Å². The van der Waals surface area contributed by atoms with Gasteiger partial charge in [-0.3, -0.25) is 0 Å². The predicted octanol–water partition coefficient (Wildman–Crippen LogP) is 2.15. The molecule has 4 nitrogen and oxygen atoms in total. The molecule has 84 valence electrons. The Morgan fingerprint density at radius 3 is 2.67 bits per heavy atom. The first-order valence-electron chi connectivity index (χ1n) is 4.24. The van der Waals surface area contributed by atoms with Gasteiger partial charge in [-0.2, -0.15) is 0 Å². The zero-order valence-corrected chi connectivity index (χ0v) is 11.5. The predicted molar refractivity (Wildman–Crippen MR) is 64.8 cm³/mol. The Kier molecular flexibility index (Phi) is 4.05. The van der Waals surface area contributed by atoms with Crippen molar-refractivity contribution in [2.24, 2.45) is 0 Å². The number of sulfonamides is 1. The molecule has 7 heteroatoms. The Hall–Kier alpha value is -0.240. The lowest BCUT2D eigenvalue weighted by Gasteiger charge is -2.14. The van der Waals surface area contributed by atoms with Crippen molar-refractivity contribution >= 4 is 38.2 Å². The number of aromatic amines is 1. The largest absolute Gasteiger partial charge is 0.365 e. The van der Waals surface area contributed by atoms with E-state index in [0.717, 1.165) is 0 Å². The van der Waals surface area contributed by atoms with Crippen LogP contribution in [0.5, 0.6) is 0 Å². The topological polar surface area (TPSA) is 53.2 Å². The quantitative estimate of drug-likeness (QED) is 0.870. The van der Waals surface area contributed by atoms with E-state index in [-0.39, 0.29) is 4.90 Å². The number of rotatable bonds is 3. The molecule has 0 aliphatic carbocycles. The van der Waals surface area contributed by atoms with E-state index in [4.69, 9.17) is 12.2 Å². The summed E-state index contributed by atoms with van der Waals surface area (Å²) >= 11 is 8.23. The van der Waals surface area contributed by atoms with Crippen LogP contribution in [0.25, 0.3) is 0 Å². The van der Waals surface area contributed by atoms with Crippen LogP contribution in [0, 0.1) is 4.51 Å². The van der Waals surface area contributed by atoms with E-state index in [1.807, 2.05) is 0 Å². The Labute approximate surface area is 102 Å². The number of hydrogen-bond donors (Lipinski definition) is 1. The second-order valence-corrected chi connectivity index (χ2v) is 6.19. The van der Waals surface area contributed by atoms with Gasteiger partial charge in [0.25, 0.3) is 0 Å². The lowest BCUT2D eigenvalue weighted by atomic mass is 10.5. The zero-order valence-electron chi connectivity index (χ0n) is 8.32. The molecule has 0 amide bonds. The summed E-state index contributed by atoms with van der Waals surface area (Å²) in [6, 6.07) is 0. The van der Waals surface area contributed by atoms with Gasteiger partial charge in [-0.05, 0) is 15.9 Å². The third kappa shape index (κ3) is 2.47. The zero-order chi connectivity index (χ0) is 11.6. The van der Waals surface area contributed by atoms with E-state index in [1.165, 1.54) is 17.5 Å². The van der Waals surface area contributed by atoms with E-state index >= 15 is 0 Å². The molecule has 0 saturated heterocycles. The van der Waals surface area contributed by atoms with Crippen molar-refractivity contribution in [1.29, 1.82) is 0 Å². The van der Waals surface area contributed by atoms with Crippen molar-refractivity contribution in [3.63, 3.8) is 0 Å². The molecular weight excluding hydrogens is 300 g/mol. The second kappa shape index (κ2) is 4.73. The molecule has 0 atom stereocenters. The van der Waals surface area contributed by atoms with E-state index in [1.54, 1.807) is 13.1 Å². The molecule has 1 aromatic rings. The summed E-state index contributed by atoms with van der Waals surface area (Å²) in [7, 11) is -1.96. The van der Waals surface area contributed by atoms with Crippen molar-refractivity contribution in [3.05, 3.63) is 21.4 Å². The molecule has 15 heavy (non-hydrogen) atoms. The average Bonchev–Trinajstić information content (AvgIpc) is 2.20. The van der Waals surface area contributed by atoms with E-state index < -0.39 is 10.0 Å². The molecule has 0 saturated carbocycles. The number of halogens is 1. The molecule has 0 fully saturated rings. The Morgan fingerprint density at radius 2 is 2.13 bits per heavy atom. The van der Waals surface area contributed by atoms with Crippen LogP contribution in [0.1, 0.15) is 6.92 Å². The summed E-state index contributed by atoms with van der Waals surface area (Å²) in [5, 5.41) is 0. The number of nitrogens with one attached hydrogen (secondary N) is 1. The van der Waals surface area contributed by atoms with E-state index in [0.29, 0.717) is 15.5 Å². The Balaban J connectivity index is 3.41. The van der Waals surface area contributed by atoms with Crippen LogP contribution >= 0.6 is 28.1 Å². The summed E-state index contributed by atoms with van der Waals surface area (Å²) in [6.45, 7) is 2.17. The first kappa shape index (κ1) is 12.8. The highest BCUT2D eigenvalue weighted by atomic mass is 79.9. The van der Waals surface area contributed by atoms with Crippen molar-refractivity contribution in [2.45, 2.75) is 11.8 Å². The number of H-pyrrole nitrogens is 1. The van der Waals surface area contributed by atoms with Gasteiger partial charge in [0.05, 0.1) is 8.98 Å². The number of pyridine rings is 1. The van der Waals surface area contributed by atoms with Crippen LogP contribution in [0.3, 0.4) is 0 Å². The van der Waals surface area contributed by atoms with Crippen LogP contribution in [-0.2, 0) is 10.0 Å². The van der Waals surface area contributed by atoms with Crippen molar-refractivity contribution in [3.8, 4) is 0 Å². The van der Waals surface area contributed by atoms with Gasteiger partial charge >= 0.3 is 0 Å². The maximum atomic E-state index is 12.0.